The van der Waals surface area contributed by atoms with Crippen molar-refractivity contribution in [1.82, 2.24) is 10.2 Å². The number of amides is 1. The molecule has 1 aromatic heterocycles. The van der Waals surface area contributed by atoms with E-state index in [1.165, 1.54) is 12.8 Å². The number of anilines is 1. The zero-order valence-electron chi connectivity index (χ0n) is 12.0. The zero-order chi connectivity index (χ0) is 14.8. The van der Waals surface area contributed by atoms with E-state index in [-0.39, 0.29) is 5.91 Å². The minimum Gasteiger partial charge on any atom is -0.495 e. The van der Waals surface area contributed by atoms with Crippen LogP contribution in [0.4, 0.5) is 5.69 Å². The van der Waals surface area contributed by atoms with Crippen LogP contribution in [0, 0.1) is 0 Å². The van der Waals surface area contributed by atoms with Gasteiger partial charge in [-0.05, 0) is 43.4 Å². The van der Waals surface area contributed by atoms with Crippen LogP contribution in [0.15, 0.2) is 29.2 Å². The van der Waals surface area contributed by atoms with Crippen molar-refractivity contribution in [3.8, 4) is 5.75 Å². The Kier molecular flexibility index (Phi) is 3.88. The summed E-state index contributed by atoms with van der Waals surface area (Å²) < 4.78 is 5.32. The summed E-state index contributed by atoms with van der Waals surface area (Å²) in [6, 6.07) is 7.52. The maximum Gasteiger partial charge on any atom is 0.276 e. The van der Waals surface area contributed by atoms with Crippen LogP contribution in [-0.4, -0.2) is 29.5 Å². The number of ether oxygens (including phenoxy) is 1. The molecule has 1 fully saturated rings. The highest BCUT2D eigenvalue weighted by molar-refractivity contribution is 7.98. The van der Waals surface area contributed by atoms with Crippen LogP contribution in [0.1, 0.15) is 34.9 Å². The third kappa shape index (κ3) is 3.05. The normalized spacial score (nSPS) is 14.0. The van der Waals surface area contributed by atoms with Gasteiger partial charge < -0.3 is 10.1 Å². The lowest BCUT2D eigenvalue weighted by molar-refractivity contribution is 0.102. The van der Waals surface area contributed by atoms with E-state index >= 15 is 0 Å². The second kappa shape index (κ2) is 5.81. The van der Waals surface area contributed by atoms with Crippen LogP contribution in [0.5, 0.6) is 5.75 Å². The Morgan fingerprint density at radius 2 is 2.24 bits per heavy atom. The van der Waals surface area contributed by atoms with Gasteiger partial charge in [-0.1, -0.05) is 0 Å². The van der Waals surface area contributed by atoms with Crippen molar-refractivity contribution in [1.29, 1.82) is 0 Å². The molecule has 0 bridgehead atoms. The van der Waals surface area contributed by atoms with Gasteiger partial charge in [0.15, 0.2) is 5.69 Å². The molecule has 1 saturated carbocycles. The van der Waals surface area contributed by atoms with Gasteiger partial charge in [0.25, 0.3) is 5.91 Å². The monoisotopic (exact) mass is 303 g/mol. The lowest BCUT2D eigenvalue weighted by Gasteiger charge is -2.10. The molecule has 1 aliphatic carbocycles. The highest BCUT2D eigenvalue weighted by Crippen LogP contribution is 2.39. The average molecular weight is 303 g/mol. The predicted octanol–water partition coefficient (Wildman–Crippen LogP) is 3.27. The number of carbonyl (C=O) groups is 1. The number of aromatic nitrogens is 2. The van der Waals surface area contributed by atoms with Crippen molar-refractivity contribution in [2.45, 2.75) is 23.7 Å². The number of H-pyrrole nitrogens is 1. The molecule has 6 heteroatoms. The van der Waals surface area contributed by atoms with E-state index in [0.717, 1.165) is 10.6 Å². The van der Waals surface area contributed by atoms with E-state index in [9.17, 15) is 4.79 Å². The number of nitrogens with zero attached hydrogens (tertiary/aromatic N) is 1. The first-order valence-corrected chi connectivity index (χ1v) is 8.02. The van der Waals surface area contributed by atoms with Crippen molar-refractivity contribution in [2.75, 3.05) is 18.7 Å². The number of nitrogens with one attached hydrogen (secondary N) is 2. The van der Waals surface area contributed by atoms with Crippen molar-refractivity contribution < 1.29 is 9.53 Å². The van der Waals surface area contributed by atoms with Crippen LogP contribution in [0.2, 0.25) is 0 Å². The van der Waals surface area contributed by atoms with E-state index in [1.54, 1.807) is 18.9 Å². The molecule has 0 saturated heterocycles. The molecule has 21 heavy (non-hydrogen) atoms. The molecule has 0 radical (unpaired) electrons. The summed E-state index contributed by atoms with van der Waals surface area (Å²) in [4.78, 5) is 13.3. The topological polar surface area (TPSA) is 67.0 Å². The zero-order valence-corrected chi connectivity index (χ0v) is 12.8. The van der Waals surface area contributed by atoms with Gasteiger partial charge in [-0.15, -0.1) is 11.8 Å². The lowest BCUT2D eigenvalue weighted by atomic mass is 10.2. The number of benzene rings is 1. The van der Waals surface area contributed by atoms with E-state index in [4.69, 9.17) is 4.74 Å². The third-order valence-electron chi connectivity index (χ3n) is 3.50. The molecule has 1 amide bonds. The Labute approximate surface area is 127 Å². The molecule has 5 nitrogen and oxygen atoms in total. The SMILES string of the molecule is COc1cc(SC)ccc1NC(=O)c1cc(C2CC2)[nH]n1. The molecule has 2 N–H and O–H groups in total. The molecular formula is C15H17N3O2S. The van der Waals surface area contributed by atoms with Gasteiger partial charge in [0.2, 0.25) is 0 Å². The highest BCUT2D eigenvalue weighted by Gasteiger charge is 2.26. The fourth-order valence-electron chi connectivity index (χ4n) is 2.14. The maximum absolute atomic E-state index is 12.2. The summed E-state index contributed by atoms with van der Waals surface area (Å²) in [5.74, 6) is 0.968. The molecule has 1 aliphatic rings. The molecule has 2 aromatic rings. The number of hydrogen-bond donors (Lipinski definition) is 2. The van der Waals surface area contributed by atoms with Crippen LogP contribution in [0.25, 0.3) is 0 Å². The van der Waals surface area contributed by atoms with E-state index in [2.05, 4.69) is 15.5 Å². The van der Waals surface area contributed by atoms with Gasteiger partial charge >= 0.3 is 0 Å². The number of thioether (sulfide) groups is 1. The first-order valence-electron chi connectivity index (χ1n) is 6.80. The second-order valence-corrected chi connectivity index (χ2v) is 5.88. The van der Waals surface area contributed by atoms with Crippen LogP contribution < -0.4 is 10.1 Å². The Balaban J connectivity index is 1.76. The lowest BCUT2D eigenvalue weighted by Crippen LogP contribution is -2.13. The Morgan fingerprint density at radius 1 is 1.43 bits per heavy atom. The molecule has 1 heterocycles. The standard InChI is InChI=1S/C15H17N3O2S/c1-20-14-7-10(21-2)5-6-11(14)16-15(19)13-8-12(17-18-13)9-3-4-9/h5-9H,3-4H2,1-2H3,(H,16,19)(H,17,18). The average Bonchev–Trinajstić information content (AvgIpc) is 3.24. The molecule has 3 rings (SSSR count). The fraction of sp³-hybridized carbons (Fsp3) is 0.333. The smallest absolute Gasteiger partial charge is 0.276 e. The predicted molar refractivity (Wildman–Crippen MR) is 83.3 cm³/mol. The van der Waals surface area contributed by atoms with Crippen molar-refractivity contribution in [3.63, 3.8) is 0 Å². The summed E-state index contributed by atoms with van der Waals surface area (Å²) in [6.07, 6.45) is 4.34. The van der Waals surface area contributed by atoms with Crippen molar-refractivity contribution in [3.05, 3.63) is 35.7 Å². The van der Waals surface area contributed by atoms with Gasteiger partial charge in [-0.3, -0.25) is 9.89 Å². The molecule has 110 valence electrons. The minimum atomic E-state index is -0.228. The van der Waals surface area contributed by atoms with Gasteiger partial charge in [0.05, 0.1) is 12.8 Å². The van der Waals surface area contributed by atoms with Gasteiger partial charge in [-0.2, -0.15) is 5.10 Å². The largest absolute Gasteiger partial charge is 0.495 e. The van der Waals surface area contributed by atoms with Gasteiger partial charge in [-0.25, -0.2) is 0 Å². The van der Waals surface area contributed by atoms with E-state index in [1.807, 2.05) is 30.5 Å². The van der Waals surface area contributed by atoms with Crippen LogP contribution >= 0.6 is 11.8 Å². The summed E-state index contributed by atoms with van der Waals surface area (Å²) in [5.41, 5.74) is 2.11. The van der Waals surface area contributed by atoms with Crippen LogP contribution in [0.3, 0.4) is 0 Å². The highest BCUT2D eigenvalue weighted by atomic mass is 32.2. The van der Waals surface area contributed by atoms with Crippen molar-refractivity contribution in [2.24, 2.45) is 0 Å². The number of hydrogen-bond acceptors (Lipinski definition) is 4. The Morgan fingerprint density at radius 3 is 2.90 bits per heavy atom. The molecule has 0 spiro atoms. The number of carbonyl (C=O) groups excluding carboxylic acids is 1. The van der Waals surface area contributed by atoms with Gasteiger partial charge in [0.1, 0.15) is 5.75 Å². The molecule has 1 aromatic carbocycles. The first kappa shape index (κ1) is 14.0. The van der Waals surface area contributed by atoms with E-state index in [0.29, 0.717) is 23.0 Å². The molecular weight excluding hydrogens is 286 g/mol. The molecule has 0 aliphatic heterocycles. The number of rotatable bonds is 5. The summed E-state index contributed by atoms with van der Waals surface area (Å²) in [6.45, 7) is 0. The maximum atomic E-state index is 12.2. The van der Waals surface area contributed by atoms with Crippen molar-refractivity contribution >= 4 is 23.4 Å². The summed E-state index contributed by atoms with van der Waals surface area (Å²) in [7, 11) is 1.59. The quantitative estimate of drug-likeness (QED) is 0.832. The molecule has 0 unspecified atom stereocenters. The second-order valence-electron chi connectivity index (χ2n) is 5.00. The van der Waals surface area contributed by atoms with Gasteiger partial charge in [0, 0.05) is 16.5 Å². The fourth-order valence-corrected chi connectivity index (χ4v) is 2.57. The Bertz CT molecular complexity index is 665. The third-order valence-corrected chi connectivity index (χ3v) is 4.23. The van der Waals surface area contributed by atoms with E-state index < -0.39 is 0 Å². The van der Waals surface area contributed by atoms with Crippen LogP contribution in [-0.2, 0) is 0 Å². The summed E-state index contributed by atoms with van der Waals surface area (Å²) >= 11 is 1.63. The molecule has 0 atom stereocenters. The Hall–Kier alpha value is -1.95. The number of methoxy groups -OCH3 is 1. The summed E-state index contributed by atoms with van der Waals surface area (Å²) in [5, 5.41) is 9.86. The minimum absolute atomic E-state index is 0.228. The first-order chi connectivity index (χ1) is 10.2. The number of aromatic amines is 1.